The molecule has 0 N–H and O–H groups in total. The van der Waals surface area contributed by atoms with E-state index >= 15 is 0 Å². The predicted molar refractivity (Wildman–Crippen MR) is 104 cm³/mol. The van der Waals surface area contributed by atoms with Crippen LogP contribution < -0.4 is 0 Å². The van der Waals surface area contributed by atoms with Gasteiger partial charge in [0.25, 0.3) is 0 Å². The van der Waals surface area contributed by atoms with Gasteiger partial charge in [-0.2, -0.15) is 5.10 Å². The maximum atomic E-state index is 12.6. The molecule has 150 valence electrons. The zero-order valence-corrected chi connectivity index (χ0v) is 16.8. The van der Waals surface area contributed by atoms with E-state index in [1.807, 2.05) is 27.6 Å². The highest BCUT2D eigenvalue weighted by atomic mass is 16.2. The van der Waals surface area contributed by atoms with Crippen molar-refractivity contribution >= 4 is 11.8 Å². The number of nitrogens with zero attached hydrogens (tertiary/aromatic N) is 5. The lowest BCUT2D eigenvalue weighted by atomic mass is 9.92. The molecule has 2 fully saturated rings. The number of aryl methyl sites for hydroxylation is 2. The van der Waals surface area contributed by atoms with Gasteiger partial charge in [0.1, 0.15) is 0 Å². The summed E-state index contributed by atoms with van der Waals surface area (Å²) in [5.41, 5.74) is 1.09. The van der Waals surface area contributed by atoms with Gasteiger partial charge in [-0.1, -0.05) is 0 Å². The summed E-state index contributed by atoms with van der Waals surface area (Å²) in [6.45, 7) is 5.28. The predicted octanol–water partition coefficient (Wildman–Crippen LogP) is 1.15. The van der Waals surface area contributed by atoms with Crippen LogP contribution in [0.5, 0.6) is 0 Å². The molecule has 0 spiro atoms. The standard InChI is InChI=1S/C20H33N5O2/c1-22-12-14-24(15-13-22)19(26)7-5-17-4-3-11-25(16-17)20(27)8-6-18-9-10-21-23(18)2/h9-10,17H,3-8,11-16H2,1-2H3/t17-/m1/s1. The van der Waals surface area contributed by atoms with Crippen molar-refractivity contribution in [2.45, 2.75) is 38.5 Å². The first-order valence-corrected chi connectivity index (χ1v) is 10.2. The third kappa shape index (κ3) is 5.54. The molecule has 7 heteroatoms. The van der Waals surface area contributed by atoms with Gasteiger partial charge in [0, 0.05) is 71.0 Å². The number of aromatic nitrogens is 2. The van der Waals surface area contributed by atoms with Gasteiger partial charge in [0.15, 0.2) is 0 Å². The van der Waals surface area contributed by atoms with E-state index in [1.54, 1.807) is 6.20 Å². The van der Waals surface area contributed by atoms with E-state index in [9.17, 15) is 9.59 Å². The number of carbonyl (C=O) groups excluding carboxylic acids is 2. The lowest BCUT2D eigenvalue weighted by molar-refractivity contribution is -0.133. The topological polar surface area (TPSA) is 61.7 Å². The van der Waals surface area contributed by atoms with E-state index in [4.69, 9.17) is 0 Å². The molecule has 2 aliphatic rings. The number of likely N-dealkylation sites (tertiary alicyclic amines) is 1. The quantitative estimate of drug-likeness (QED) is 0.748. The van der Waals surface area contributed by atoms with Gasteiger partial charge < -0.3 is 14.7 Å². The highest BCUT2D eigenvalue weighted by Crippen LogP contribution is 2.22. The van der Waals surface area contributed by atoms with Gasteiger partial charge in [-0.15, -0.1) is 0 Å². The molecule has 0 saturated carbocycles. The molecule has 1 aromatic rings. The molecule has 2 aliphatic heterocycles. The highest BCUT2D eigenvalue weighted by molar-refractivity contribution is 5.77. The first-order chi connectivity index (χ1) is 13.0. The Kier molecular flexibility index (Phi) is 6.88. The van der Waals surface area contributed by atoms with Crippen LogP contribution in [-0.4, -0.2) is 82.6 Å². The largest absolute Gasteiger partial charge is 0.342 e. The Bertz CT molecular complexity index is 636. The number of likely N-dealkylation sites (N-methyl/N-ethyl adjacent to an activating group) is 1. The van der Waals surface area contributed by atoms with E-state index in [-0.39, 0.29) is 11.8 Å². The summed E-state index contributed by atoms with van der Waals surface area (Å²) in [4.78, 5) is 31.3. The summed E-state index contributed by atoms with van der Waals surface area (Å²) < 4.78 is 1.83. The third-order valence-corrected chi connectivity index (χ3v) is 6.01. The van der Waals surface area contributed by atoms with Crippen LogP contribution >= 0.6 is 0 Å². The molecule has 1 atom stereocenters. The number of piperazine rings is 1. The number of hydrogen-bond acceptors (Lipinski definition) is 4. The molecule has 27 heavy (non-hydrogen) atoms. The monoisotopic (exact) mass is 375 g/mol. The maximum Gasteiger partial charge on any atom is 0.222 e. The minimum atomic E-state index is 0.228. The molecule has 7 nitrogen and oxygen atoms in total. The Labute approximate surface area is 162 Å². The molecule has 3 rings (SSSR count). The molecule has 3 heterocycles. The van der Waals surface area contributed by atoms with Crippen LogP contribution in [0.25, 0.3) is 0 Å². The van der Waals surface area contributed by atoms with Gasteiger partial charge in [-0.05, 0) is 44.7 Å². The van der Waals surface area contributed by atoms with Crippen LogP contribution in [0.1, 0.15) is 37.8 Å². The van der Waals surface area contributed by atoms with Gasteiger partial charge >= 0.3 is 0 Å². The summed E-state index contributed by atoms with van der Waals surface area (Å²) >= 11 is 0. The Morgan fingerprint density at radius 3 is 2.48 bits per heavy atom. The highest BCUT2D eigenvalue weighted by Gasteiger charge is 2.25. The van der Waals surface area contributed by atoms with Crippen molar-refractivity contribution in [3.63, 3.8) is 0 Å². The SMILES string of the molecule is CN1CCN(C(=O)CC[C@H]2CCCN(C(=O)CCc3ccnn3C)C2)CC1. The molecule has 2 saturated heterocycles. The number of hydrogen-bond donors (Lipinski definition) is 0. The second-order valence-electron chi connectivity index (χ2n) is 8.02. The maximum absolute atomic E-state index is 12.6. The fourth-order valence-corrected chi connectivity index (χ4v) is 4.11. The Hall–Kier alpha value is -1.89. The summed E-state index contributed by atoms with van der Waals surface area (Å²) in [6, 6.07) is 1.97. The van der Waals surface area contributed by atoms with Crippen molar-refractivity contribution < 1.29 is 9.59 Å². The smallest absolute Gasteiger partial charge is 0.222 e. The van der Waals surface area contributed by atoms with Crippen molar-refractivity contribution in [1.29, 1.82) is 0 Å². The fourth-order valence-electron chi connectivity index (χ4n) is 4.11. The van der Waals surface area contributed by atoms with Crippen LogP contribution in [-0.2, 0) is 23.1 Å². The van der Waals surface area contributed by atoms with Crippen molar-refractivity contribution in [2.75, 3.05) is 46.3 Å². The minimum absolute atomic E-state index is 0.228. The Morgan fingerprint density at radius 1 is 1.04 bits per heavy atom. The lowest BCUT2D eigenvalue weighted by Crippen LogP contribution is -2.47. The number of piperidine rings is 1. The van der Waals surface area contributed by atoms with Crippen molar-refractivity contribution in [2.24, 2.45) is 13.0 Å². The van der Waals surface area contributed by atoms with Gasteiger partial charge in [0.05, 0.1) is 0 Å². The van der Waals surface area contributed by atoms with Crippen molar-refractivity contribution in [3.8, 4) is 0 Å². The van der Waals surface area contributed by atoms with Crippen molar-refractivity contribution in [1.82, 2.24) is 24.5 Å². The van der Waals surface area contributed by atoms with Gasteiger partial charge in [-0.3, -0.25) is 14.3 Å². The molecular formula is C20H33N5O2. The van der Waals surface area contributed by atoms with E-state index in [2.05, 4.69) is 17.0 Å². The van der Waals surface area contributed by atoms with Gasteiger partial charge in [-0.25, -0.2) is 0 Å². The van der Waals surface area contributed by atoms with E-state index in [1.165, 1.54) is 0 Å². The molecule has 0 aromatic carbocycles. The summed E-state index contributed by atoms with van der Waals surface area (Å²) in [7, 11) is 4.01. The normalized spacial score (nSPS) is 21.5. The van der Waals surface area contributed by atoms with E-state index in [0.717, 1.165) is 70.6 Å². The number of amides is 2. The second kappa shape index (κ2) is 9.35. The van der Waals surface area contributed by atoms with E-state index in [0.29, 0.717) is 18.8 Å². The minimum Gasteiger partial charge on any atom is -0.342 e. The molecule has 0 aliphatic carbocycles. The molecule has 1 aromatic heterocycles. The summed E-state index contributed by atoms with van der Waals surface area (Å²) in [6.07, 6.45) is 6.73. The first kappa shape index (κ1) is 19.9. The van der Waals surface area contributed by atoms with Gasteiger partial charge in [0.2, 0.25) is 11.8 Å². The summed E-state index contributed by atoms with van der Waals surface area (Å²) in [5.74, 6) is 0.963. The molecule has 0 unspecified atom stereocenters. The van der Waals surface area contributed by atoms with Crippen LogP contribution in [0.3, 0.4) is 0 Å². The zero-order chi connectivity index (χ0) is 19.2. The number of carbonyl (C=O) groups is 2. The Balaban J connectivity index is 1.40. The first-order valence-electron chi connectivity index (χ1n) is 10.2. The average molecular weight is 376 g/mol. The molecule has 2 amide bonds. The average Bonchev–Trinajstić information content (AvgIpc) is 3.10. The number of rotatable bonds is 6. The molecule has 0 bridgehead atoms. The lowest BCUT2D eigenvalue weighted by Gasteiger charge is -2.34. The fraction of sp³-hybridized carbons (Fsp3) is 0.750. The van der Waals surface area contributed by atoms with Crippen LogP contribution in [0.15, 0.2) is 12.3 Å². The zero-order valence-electron chi connectivity index (χ0n) is 16.8. The Morgan fingerprint density at radius 2 is 1.78 bits per heavy atom. The summed E-state index contributed by atoms with van der Waals surface area (Å²) in [5, 5.41) is 4.16. The van der Waals surface area contributed by atoms with Crippen molar-refractivity contribution in [3.05, 3.63) is 18.0 Å². The van der Waals surface area contributed by atoms with Crippen LogP contribution in [0.4, 0.5) is 0 Å². The second-order valence-corrected chi connectivity index (χ2v) is 8.02. The molecule has 0 radical (unpaired) electrons. The van der Waals surface area contributed by atoms with Crippen LogP contribution in [0, 0.1) is 5.92 Å². The third-order valence-electron chi connectivity index (χ3n) is 6.01. The molecular weight excluding hydrogens is 342 g/mol. The van der Waals surface area contributed by atoms with E-state index < -0.39 is 0 Å². The van der Waals surface area contributed by atoms with Crippen LogP contribution in [0.2, 0.25) is 0 Å².